The molecule has 0 radical (unpaired) electrons. The van der Waals surface area contributed by atoms with Crippen LogP contribution in [-0.2, 0) is 6.42 Å². The Morgan fingerprint density at radius 1 is 1.20 bits per heavy atom. The van der Waals surface area contributed by atoms with Crippen molar-refractivity contribution in [2.75, 3.05) is 7.05 Å². The van der Waals surface area contributed by atoms with Gasteiger partial charge in [-0.1, -0.05) is 19.9 Å². The normalized spacial score (nSPS) is 27.0. The maximum atomic E-state index is 13.3. The van der Waals surface area contributed by atoms with Crippen LogP contribution in [-0.4, -0.2) is 13.1 Å². The van der Waals surface area contributed by atoms with E-state index in [0.29, 0.717) is 17.9 Å². The summed E-state index contributed by atoms with van der Waals surface area (Å²) in [5, 5.41) is 3.39. The molecule has 0 aromatic heterocycles. The van der Waals surface area contributed by atoms with Gasteiger partial charge in [0.15, 0.2) is 11.6 Å². The molecule has 0 amide bonds. The van der Waals surface area contributed by atoms with E-state index in [2.05, 4.69) is 19.2 Å². The fourth-order valence-electron chi connectivity index (χ4n) is 3.48. The van der Waals surface area contributed by atoms with E-state index in [1.807, 2.05) is 7.05 Å². The van der Waals surface area contributed by atoms with E-state index < -0.39 is 11.6 Å². The van der Waals surface area contributed by atoms with Gasteiger partial charge in [0.25, 0.3) is 0 Å². The quantitative estimate of drug-likeness (QED) is 0.873. The molecule has 2 rings (SSSR count). The first kappa shape index (κ1) is 15.4. The minimum atomic E-state index is -0.761. The van der Waals surface area contributed by atoms with E-state index in [-0.39, 0.29) is 0 Å². The van der Waals surface area contributed by atoms with E-state index in [0.717, 1.165) is 17.9 Å². The number of hydrogen-bond donors (Lipinski definition) is 1. The second-order valence-corrected chi connectivity index (χ2v) is 6.42. The molecule has 0 bridgehead atoms. The van der Waals surface area contributed by atoms with E-state index >= 15 is 0 Å². The van der Waals surface area contributed by atoms with Gasteiger partial charge >= 0.3 is 0 Å². The summed E-state index contributed by atoms with van der Waals surface area (Å²) in [4.78, 5) is 0. The van der Waals surface area contributed by atoms with Crippen molar-refractivity contribution >= 4 is 0 Å². The van der Waals surface area contributed by atoms with Crippen LogP contribution in [0.15, 0.2) is 18.2 Å². The number of hydrogen-bond acceptors (Lipinski definition) is 1. The van der Waals surface area contributed by atoms with Gasteiger partial charge in [0.2, 0.25) is 0 Å². The summed E-state index contributed by atoms with van der Waals surface area (Å²) in [6.07, 6.45) is 4.43. The van der Waals surface area contributed by atoms with Gasteiger partial charge in [0.05, 0.1) is 0 Å². The fraction of sp³-hybridized carbons (Fsp3) is 0.647. The molecular weight excluding hydrogens is 256 g/mol. The van der Waals surface area contributed by atoms with Crippen LogP contribution in [0, 0.1) is 29.4 Å². The molecule has 0 aliphatic heterocycles. The smallest absolute Gasteiger partial charge is 0.159 e. The first-order valence-electron chi connectivity index (χ1n) is 7.62. The average Bonchev–Trinajstić information content (AvgIpc) is 2.42. The van der Waals surface area contributed by atoms with Crippen LogP contribution in [0.1, 0.15) is 38.7 Å². The number of nitrogens with one attached hydrogen (secondary N) is 1. The Labute approximate surface area is 120 Å². The molecule has 0 saturated heterocycles. The lowest BCUT2D eigenvalue weighted by Gasteiger charge is -2.38. The summed E-state index contributed by atoms with van der Waals surface area (Å²) in [5.74, 6) is 0.448. The maximum absolute atomic E-state index is 13.3. The Hall–Kier alpha value is -0.960. The highest BCUT2D eigenvalue weighted by molar-refractivity contribution is 5.18. The van der Waals surface area contributed by atoms with Crippen LogP contribution in [0.3, 0.4) is 0 Å². The number of rotatable bonds is 4. The summed E-state index contributed by atoms with van der Waals surface area (Å²) in [7, 11) is 2.00. The third kappa shape index (κ3) is 3.57. The summed E-state index contributed by atoms with van der Waals surface area (Å²) in [5.41, 5.74) is 0.901. The minimum Gasteiger partial charge on any atom is -0.317 e. The van der Waals surface area contributed by atoms with Gasteiger partial charge in [0, 0.05) is 6.04 Å². The standard InChI is InChI=1S/C17H25F2N/c1-11(2)13-5-7-17(20-3)14(10-13)8-12-4-6-15(18)16(19)9-12/h4,6,9,11,13-14,17,20H,5,7-8,10H2,1-3H3. The van der Waals surface area contributed by atoms with E-state index in [1.54, 1.807) is 6.07 Å². The van der Waals surface area contributed by atoms with Gasteiger partial charge in [-0.05, 0) is 68.2 Å². The van der Waals surface area contributed by atoms with Crippen LogP contribution >= 0.6 is 0 Å². The molecule has 1 aromatic carbocycles. The van der Waals surface area contributed by atoms with Crippen LogP contribution in [0.2, 0.25) is 0 Å². The highest BCUT2D eigenvalue weighted by atomic mass is 19.2. The third-order valence-corrected chi connectivity index (χ3v) is 4.82. The summed E-state index contributed by atoms with van der Waals surface area (Å²) >= 11 is 0. The Morgan fingerprint density at radius 3 is 2.55 bits per heavy atom. The van der Waals surface area contributed by atoms with Crippen LogP contribution in [0.25, 0.3) is 0 Å². The van der Waals surface area contributed by atoms with Crippen LogP contribution < -0.4 is 5.32 Å². The molecule has 1 aliphatic carbocycles. The van der Waals surface area contributed by atoms with E-state index in [1.165, 1.54) is 31.4 Å². The lowest BCUT2D eigenvalue weighted by molar-refractivity contribution is 0.172. The van der Waals surface area contributed by atoms with Crippen molar-refractivity contribution in [1.29, 1.82) is 0 Å². The fourth-order valence-corrected chi connectivity index (χ4v) is 3.48. The maximum Gasteiger partial charge on any atom is 0.159 e. The zero-order valence-electron chi connectivity index (χ0n) is 12.6. The van der Waals surface area contributed by atoms with Gasteiger partial charge in [0.1, 0.15) is 0 Å². The lowest BCUT2D eigenvalue weighted by atomic mass is 9.72. The largest absolute Gasteiger partial charge is 0.317 e. The summed E-state index contributed by atoms with van der Waals surface area (Å²) in [6, 6.07) is 4.78. The highest BCUT2D eigenvalue weighted by Crippen LogP contribution is 2.35. The van der Waals surface area contributed by atoms with Gasteiger partial charge in [-0.2, -0.15) is 0 Å². The first-order chi connectivity index (χ1) is 9.51. The molecule has 1 aliphatic rings. The zero-order chi connectivity index (χ0) is 14.7. The first-order valence-corrected chi connectivity index (χ1v) is 7.62. The van der Waals surface area contributed by atoms with E-state index in [9.17, 15) is 8.78 Å². The van der Waals surface area contributed by atoms with Crippen molar-refractivity contribution in [1.82, 2.24) is 5.32 Å². The van der Waals surface area contributed by atoms with Gasteiger partial charge in [-0.15, -0.1) is 0 Å². The van der Waals surface area contributed by atoms with Crippen LogP contribution in [0.4, 0.5) is 8.78 Å². The second kappa shape index (κ2) is 6.66. The van der Waals surface area contributed by atoms with Crippen molar-refractivity contribution in [3.63, 3.8) is 0 Å². The van der Waals surface area contributed by atoms with Crippen molar-refractivity contribution in [2.24, 2.45) is 17.8 Å². The summed E-state index contributed by atoms with van der Waals surface area (Å²) < 4.78 is 26.3. The molecule has 0 heterocycles. The molecule has 20 heavy (non-hydrogen) atoms. The Balaban J connectivity index is 2.09. The second-order valence-electron chi connectivity index (χ2n) is 6.42. The zero-order valence-corrected chi connectivity index (χ0v) is 12.6. The molecule has 3 atom stereocenters. The van der Waals surface area contributed by atoms with Crippen molar-refractivity contribution in [2.45, 2.75) is 45.6 Å². The average molecular weight is 281 g/mol. The van der Waals surface area contributed by atoms with Crippen molar-refractivity contribution in [3.05, 3.63) is 35.4 Å². The lowest BCUT2D eigenvalue weighted by Crippen LogP contribution is -2.40. The predicted molar refractivity (Wildman–Crippen MR) is 78.6 cm³/mol. The van der Waals surface area contributed by atoms with Gasteiger partial charge in [-0.3, -0.25) is 0 Å². The molecule has 3 heteroatoms. The molecule has 0 spiro atoms. The van der Waals surface area contributed by atoms with Gasteiger partial charge < -0.3 is 5.32 Å². The van der Waals surface area contributed by atoms with Crippen molar-refractivity contribution < 1.29 is 8.78 Å². The molecule has 3 unspecified atom stereocenters. The Bertz CT molecular complexity index is 445. The molecule has 112 valence electrons. The van der Waals surface area contributed by atoms with Gasteiger partial charge in [-0.25, -0.2) is 8.78 Å². The van der Waals surface area contributed by atoms with E-state index in [4.69, 9.17) is 0 Å². The van der Waals surface area contributed by atoms with Crippen LogP contribution in [0.5, 0.6) is 0 Å². The molecule has 1 nitrogen and oxygen atoms in total. The SMILES string of the molecule is CNC1CCC(C(C)C)CC1Cc1ccc(F)c(F)c1. The molecule has 1 saturated carbocycles. The third-order valence-electron chi connectivity index (χ3n) is 4.82. The molecular formula is C17H25F2N. The monoisotopic (exact) mass is 281 g/mol. The molecule has 1 aromatic rings. The van der Waals surface area contributed by atoms with Crippen molar-refractivity contribution in [3.8, 4) is 0 Å². The number of halogens is 2. The Kier molecular flexibility index (Phi) is 5.14. The topological polar surface area (TPSA) is 12.0 Å². The predicted octanol–water partition coefficient (Wildman–Crippen LogP) is 4.17. The summed E-state index contributed by atoms with van der Waals surface area (Å²) in [6.45, 7) is 4.55. The molecule has 1 N–H and O–H groups in total. The number of benzene rings is 1. The highest BCUT2D eigenvalue weighted by Gasteiger charge is 2.31. The Morgan fingerprint density at radius 2 is 1.95 bits per heavy atom. The minimum absolute atomic E-state index is 0.484. The molecule has 1 fully saturated rings.